The zero-order valence-electron chi connectivity index (χ0n) is 14.9. The summed E-state index contributed by atoms with van der Waals surface area (Å²) in [6, 6.07) is 0. The molecule has 0 saturated carbocycles. The molecule has 1 unspecified atom stereocenters. The number of carbonyl (C=O) groups is 1. The van der Waals surface area contributed by atoms with Crippen molar-refractivity contribution < 1.29 is 18.8 Å². The zero-order chi connectivity index (χ0) is 18.2. The van der Waals surface area contributed by atoms with E-state index < -0.39 is 12.2 Å². The van der Waals surface area contributed by atoms with Gasteiger partial charge in [0.15, 0.2) is 5.69 Å². The standard InChI is InChI=1S/C17H22FN5O2/c1-11-7-12-13(8-11)23(14-9-22(25-4)6-5-19-14)21-15(12)16(24)20-17(2,3)10-18/h5-6,9,11H,7-8,10H2,1-4H3/p+1. The molecule has 3 rings (SSSR count). The van der Waals surface area contributed by atoms with Crippen LogP contribution in [0.25, 0.3) is 5.82 Å². The van der Waals surface area contributed by atoms with Gasteiger partial charge in [-0.25, -0.2) is 14.1 Å². The number of nitrogens with zero attached hydrogens (tertiary/aromatic N) is 4. The number of amides is 1. The number of alkyl halides is 1. The topological polar surface area (TPSA) is 72.9 Å². The van der Waals surface area contributed by atoms with E-state index in [1.165, 1.54) is 4.73 Å². The molecule has 2 heterocycles. The van der Waals surface area contributed by atoms with E-state index in [-0.39, 0.29) is 5.91 Å². The molecule has 1 atom stereocenters. The van der Waals surface area contributed by atoms with Crippen molar-refractivity contribution in [1.29, 1.82) is 0 Å². The lowest BCUT2D eigenvalue weighted by Crippen LogP contribution is -2.45. The first kappa shape index (κ1) is 17.3. The molecular formula is C17H23FN5O2+. The molecule has 0 aromatic carbocycles. The van der Waals surface area contributed by atoms with Crippen LogP contribution in [0, 0.1) is 5.92 Å². The van der Waals surface area contributed by atoms with Gasteiger partial charge in [-0.3, -0.25) is 9.63 Å². The largest absolute Gasteiger partial charge is 0.343 e. The number of aromatic nitrogens is 4. The molecular weight excluding hydrogens is 325 g/mol. The SMILES string of the molecule is CO[n+]1ccnc(-n2nc(C(=O)NC(C)(C)CF)c3c2CC(C)C3)c1. The van der Waals surface area contributed by atoms with Gasteiger partial charge in [0.25, 0.3) is 12.1 Å². The lowest BCUT2D eigenvalue weighted by atomic mass is 10.1. The highest BCUT2D eigenvalue weighted by atomic mass is 19.1. The monoisotopic (exact) mass is 348 g/mol. The molecule has 1 N–H and O–H groups in total. The van der Waals surface area contributed by atoms with Crippen molar-refractivity contribution in [1.82, 2.24) is 20.1 Å². The van der Waals surface area contributed by atoms with E-state index in [1.807, 2.05) is 0 Å². The fourth-order valence-corrected chi connectivity index (χ4v) is 3.02. The van der Waals surface area contributed by atoms with Gasteiger partial charge in [0.05, 0.1) is 17.4 Å². The van der Waals surface area contributed by atoms with E-state index >= 15 is 0 Å². The first-order chi connectivity index (χ1) is 11.8. The van der Waals surface area contributed by atoms with Crippen LogP contribution < -0.4 is 14.9 Å². The van der Waals surface area contributed by atoms with Gasteiger partial charge < -0.3 is 5.32 Å². The summed E-state index contributed by atoms with van der Waals surface area (Å²) in [4.78, 5) is 22.1. The van der Waals surface area contributed by atoms with Crippen molar-refractivity contribution in [3.05, 3.63) is 35.5 Å². The Morgan fingerprint density at radius 2 is 2.28 bits per heavy atom. The summed E-state index contributed by atoms with van der Waals surface area (Å²) < 4.78 is 16.3. The first-order valence-corrected chi connectivity index (χ1v) is 8.26. The van der Waals surface area contributed by atoms with Crippen LogP contribution in [-0.2, 0) is 12.8 Å². The number of hydrogen-bond donors (Lipinski definition) is 1. The minimum absolute atomic E-state index is 0.343. The van der Waals surface area contributed by atoms with Crippen molar-refractivity contribution >= 4 is 5.91 Å². The van der Waals surface area contributed by atoms with Crippen LogP contribution in [0.15, 0.2) is 18.6 Å². The van der Waals surface area contributed by atoms with Crippen molar-refractivity contribution in [3.8, 4) is 5.82 Å². The van der Waals surface area contributed by atoms with Crippen LogP contribution in [0.1, 0.15) is 42.5 Å². The van der Waals surface area contributed by atoms with Crippen molar-refractivity contribution in [2.45, 2.75) is 39.2 Å². The summed E-state index contributed by atoms with van der Waals surface area (Å²) in [7, 11) is 1.55. The van der Waals surface area contributed by atoms with E-state index in [4.69, 9.17) is 4.84 Å². The van der Waals surface area contributed by atoms with Gasteiger partial charge in [0, 0.05) is 10.3 Å². The third-order valence-electron chi connectivity index (χ3n) is 4.28. The lowest BCUT2D eigenvalue weighted by Gasteiger charge is -2.21. The molecule has 2 aromatic heterocycles. The summed E-state index contributed by atoms with van der Waals surface area (Å²) in [5, 5.41) is 7.20. The molecule has 2 aromatic rings. The molecule has 1 aliphatic carbocycles. The van der Waals surface area contributed by atoms with E-state index in [1.54, 1.807) is 44.2 Å². The summed E-state index contributed by atoms with van der Waals surface area (Å²) in [6.07, 6.45) is 6.56. The number of rotatable bonds is 5. The molecule has 1 aliphatic rings. The van der Waals surface area contributed by atoms with Crippen LogP contribution in [0.4, 0.5) is 4.39 Å². The third-order valence-corrected chi connectivity index (χ3v) is 4.28. The van der Waals surface area contributed by atoms with Gasteiger partial charge in [-0.15, -0.1) is 0 Å². The molecule has 0 radical (unpaired) electrons. The third kappa shape index (κ3) is 3.33. The van der Waals surface area contributed by atoms with Crippen molar-refractivity contribution in [3.63, 3.8) is 0 Å². The Labute approximate surface area is 145 Å². The predicted octanol–water partition coefficient (Wildman–Crippen LogP) is 0.826. The Hall–Kier alpha value is -2.51. The molecule has 8 heteroatoms. The quantitative estimate of drug-likeness (QED) is 0.812. The van der Waals surface area contributed by atoms with E-state index in [0.29, 0.717) is 17.4 Å². The van der Waals surface area contributed by atoms with Crippen LogP contribution in [0.2, 0.25) is 0 Å². The second-order valence-corrected chi connectivity index (χ2v) is 7.13. The molecule has 0 saturated heterocycles. The number of nitrogens with one attached hydrogen (secondary N) is 1. The van der Waals surface area contributed by atoms with E-state index in [2.05, 4.69) is 22.3 Å². The molecule has 25 heavy (non-hydrogen) atoms. The van der Waals surface area contributed by atoms with Gasteiger partial charge in [-0.1, -0.05) is 6.92 Å². The van der Waals surface area contributed by atoms with Crippen LogP contribution in [0.3, 0.4) is 0 Å². The number of fused-ring (bicyclic) bond motifs is 1. The normalized spacial score (nSPS) is 16.6. The predicted molar refractivity (Wildman–Crippen MR) is 88.2 cm³/mol. The molecule has 0 spiro atoms. The number of carbonyl (C=O) groups excluding carboxylic acids is 1. The molecule has 0 aliphatic heterocycles. The Morgan fingerprint density at radius 1 is 1.52 bits per heavy atom. The molecule has 0 fully saturated rings. The average molecular weight is 348 g/mol. The number of hydrogen-bond acceptors (Lipinski definition) is 4. The first-order valence-electron chi connectivity index (χ1n) is 8.26. The van der Waals surface area contributed by atoms with Crippen LogP contribution in [-0.4, -0.2) is 40.0 Å². The van der Waals surface area contributed by atoms with Gasteiger partial charge >= 0.3 is 0 Å². The molecule has 134 valence electrons. The van der Waals surface area contributed by atoms with Gasteiger partial charge in [0.1, 0.15) is 13.8 Å². The van der Waals surface area contributed by atoms with Gasteiger partial charge in [0.2, 0.25) is 12.0 Å². The zero-order valence-corrected chi connectivity index (χ0v) is 14.9. The maximum absolute atomic E-state index is 13.1. The molecule has 7 nitrogen and oxygen atoms in total. The maximum Gasteiger partial charge on any atom is 0.272 e. The highest BCUT2D eigenvalue weighted by Gasteiger charge is 2.33. The Kier molecular flexibility index (Phi) is 4.45. The van der Waals surface area contributed by atoms with Gasteiger partial charge in [-0.05, 0) is 32.6 Å². The molecule has 1 amide bonds. The highest BCUT2D eigenvalue weighted by Crippen LogP contribution is 2.30. The van der Waals surface area contributed by atoms with Crippen LogP contribution >= 0.6 is 0 Å². The summed E-state index contributed by atoms with van der Waals surface area (Å²) in [6.45, 7) is 4.77. The Morgan fingerprint density at radius 3 is 2.96 bits per heavy atom. The van der Waals surface area contributed by atoms with Crippen molar-refractivity contribution in [2.24, 2.45) is 5.92 Å². The van der Waals surface area contributed by atoms with Crippen LogP contribution in [0.5, 0.6) is 0 Å². The minimum atomic E-state index is -0.929. The smallest absolute Gasteiger partial charge is 0.272 e. The lowest BCUT2D eigenvalue weighted by molar-refractivity contribution is -0.885. The van der Waals surface area contributed by atoms with Gasteiger partial charge in [-0.2, -0.15) is 5.10 Å². The summed E-state index contributed by atoms with van der Waals surface area (Å²) >= 11 is 0. The fraction of sp³-hybridized carbons (Fsp3) is 0.529. The van der Waals surface area contributed by atoms with Crippen molar-refractivity contribution in [2.75, 3.05) is 13.8 Å². The average Bonchev–Trinajstić information content (AvgIpc) is 3.11. The second-order valence-electron chi connectivity index (χ2n) is 7.13. The van der Waals surface area contributed by atoms with E-state index in [0.717, 1.165) is 24.1 Å². The molecule has 0 bridgehead atoms. The fourth-order valence-electron chi connectivity index (χ4n) is 3.02. The second kappa shape index (κ2) is 6.42. The highest BCUT2D eigenvalue weighted by molar-refractivity contribution is 5.94. The Bertz CT molecular complexity index is 802. The minimum Gasteiger partial charge on any atom is -0.343 e. The summed E-state index contributed by atoms with van der Waals surface area (Å²) in [5.41, 5.74) is 1.30. The number of halogens is 1. The Balaban J connectivity index is 2.03. The summed E-state index contributed by atoms with van der Waals surface area (Å²) in [5.74, 6) is 0.624. The maximum atomic E-state index is 13.1. The van der Waals surface area contributed by atoms with E-state index in [9.17, 15) is 9.18 Å².